The Hall–Kier alpha value is -1.41. The van der Waals surface area contributed by atoms with Crippen LogP contribution in [0.3, 0.4) is 0 Å². The molecule has 1 unspecified atom stereocenters. The van der Waals surface area contributed by atoms with Crippen molar-refractivity contribution in [1.82, 2.24) is 4.90 Å². The first-order valence-corrected chi connectivity index (χ1v) is 9.29. The fraction of sp³-hybridized carbons (Fsp3) is 0.591. The first kappa shape index (κ1) is 22.6. The summed E-state index contributed by atoms with van der Waals surface area (Å²) in [5.74, 6) is 0. The van der Waals surface area contributed by atoms with E-state index < -0.39 is 0 Å². The summed E-state index contributed by atoms with van der Waals surface area (Å²) in [6, 6.07) is 0.321. The normalized spacial score (nSPS) is 14.3. The number of allylic oxidation sites excluding steroid dienone is 7. The summed E-state index contributed by atoms with van der Waals surface area (Å²) in [7, 11) is 0. The number of nitrogens with zero attached hydrogens (tertiary/aromatic N) is 2. The highest BCUT2D eigenvalue weighted by Crippen LogP contribution is 2.15. The Kier molecular flexibility index (Phi) is 12.2. The minimum absolute atomic E-state index is 0.321. The Labute approximate surface area is 150 Å². The van der Waals surface area contributed by atoms with E-state index in [2.05, 4.69) is 77.3 Å². The summed E-state index contributed by atoms with van der Waals surface area (Å²) < 4.78 is 0. The maximum atomic E-state index is 4.97. The standard InChI is InChI=1S/C22H38N2/c1-9-13-22(21(19(6)7)16-15-18(4)5)23-20(8)14-12-17-24(10-2)11-3/h9,13,15-16,20H,6,10-12,14,17H2,1-5,7-8H3/b13-9-,21-16+,23-22?. The van der Waals surface area contributed by atoms with Gasteiger partial charge < -0.3 is 4.90 Å². The molecule has 0 fully saturated rings. The Bertz CT molecular complexity index is 484. The molecule has 0 saturated carbocycles. The van der Waals surface area contributed by atoms with Crippen LogP contribution in [-0.2, 0) is 0 Å². The van der Waals surface area contributed by atoms with Crippen LogP contribution in [-0.4, -0.2) is 36.3 Å². The van der Waals surface area contributed by atoms with Crippen LogP contribution in [0, 0.1) is 0 Å². The number of hydrogen-bond donors (Lipinski definition) is 0. The first-order valence-electron chi connectivity index (χ1n) is 9.29. The second kappa shape index (κ2) is 12.9. The van der Waals surface area contributed by atoms with Crippen LogP contribution >= 0.6 is 0 Å². The Morgan fingerprint density at radius 1 is 1.12 bits per heavy atom. The van der Waals surface area contributed by atoms with Crippen LogP contribution < -0.4 is 0 Å². The molecule has 0 aliphatic rings. The van der Waals surface area contributed by atoms with E-state index in [4.69, 9.17) is 4.99 Å². The minimum Gasteiger partial charge on any atom is -0.304 e. The summed E-state index contributed by atoms with van der Waals surface area (Å²) in [6.07, 6.45) is 10.7. The smallest absolute Gasteiger partial charge is 0.0649 e. The van der Waals surface area contributed by atoms with Crippen molar-refractivity contribution in [2.24, 2.45) is 4.99 Å². The molecule has 0 radical (unpaired) electrons. The highest BCUT2D eigenvalue weighted by atomic mass is 15.1. The molecule has 0 saturated heterocycles. The summed E-state index contributed by atoms with van der Waals surface area (Å²) >= 11 is 0. The molecule has 0 aromatic heterocycles. The van der Waals surface area contributed by atoms with Crippen molar-refractivity contribution >= 4 is 5.71 Å². The predicted octanol–water partition coefficient (Wildman–Crippen LogP) is 5.98. The molecule has 0 aliphatic carbocycles. The monoisotopic (exact) mass is 330 g/mol. The molecule has 0 bridgehead atoms. The van der Waals surface area contributed by atoms with E-state index in [0.717, 1.165) is 42.9 Å². The lowest BCUT2D eigenvalue weighted by atomic mass is 10.0. The lowest BCUT2D eigenvalue weighted by Crippen LogP contribution is -2.24. The molecule has 0 aliphatic heterocycles. The quantitative estimate of drug-likeness (QED) is 0.336. The second-order valence-electron chi connectivity index (χ2n) is 6.64. The average Bonchev–Trinajstić information content (AvgIpc) is 2.51. The van der Waals surface area contributed by atoms with Crippen molar-refractivity contribution in [2.75, 3.05) is 19.6 Å². The van der Waals surface area contributed by atoms with Gasteiger partial charge in [-0.2, -0.15) is 0 Å². The fourth-order valence-corrected chi connectivity index (χ4v) is 2.51. The van der Waals surface area contributed by atoms with E-state index in [9.17, 15) is 0 Å². The van der Waals surface area contributed by atoms with Crippen LogP contribution in [0.15, 0.2) is 52.6 Å². The van der Waals surface area contributed by atoms with Gasteiger partial charge in [-0.05, 0) is 78.7 Å². The van der Waals surface area contributed by atoms with Gasteiger partial charge in [0.1, 0.15) is 0 Å². The molecular formula is C22H38N2. The third-order valence-corrected chi connectivity index (χ3v) is 3.99. The van der Waals surface area contributed by atoms with Gasteiger partial charge in [-0.25, -0.2) is 0 Å². The van der Waals surface area contributed by atoms with Crippen molar-refractivity contribution in [3.8, 4) is 0 Å². The number of aliphatic imine (C=N–C) groups is 1. The van der Waals surface area contributed by atoms with Gasteiger partial charge >= 0.3 is 0 Å². The molecule has 2 nitrogen and oxygen atoms in total. The summed E-state index contributed by atoms with van der Waals surface area (Å²) in [5, 5.41) is 0. The maximum Gasteiger partial charge on any atom is 0.0649 e. The average molecular weight is 331 g/mol. The fourth-order valence-electron chi connectivity index (χ4n) is 2.51. The van der Waals surface area contributed by atoms with Crippen LogP contribution in [0.2, 0.25) is 0 Å². The predicted molar refractivity (Wildman–Crippen MR) is 111 cm³/mol. The Balaban J connectivity index is 5.12. The van der Waals surface area contributed by atoms with Gasteiger partial charge in [-0.3, -0.25) is 4.99 Å². The molecule has 0 N–H and O–H groups in total. The maximum absolute atomic E-state index is 4.97. The molecule has 0 heterocycles. The highest BCUT2D eigenvalue weighted by molar-refractivity contribution is 6.11. The van der Waals surface area contributed by atoms with Gasteiger partial charge in [0.2, 0.25) is 0 Å². The summed E-state index contributed by atoms with van der Waals surface area (Å²) in [6.45, 7) is 22.5. The highest BCUT2D eigenvalue weighted by Gasteiger charge is 2.08. The van der Waals surface area contributed by atoms with Gasteiger partial charge in [0.05, 0.1) is 5.71 Å². The molecule has 0 rings (SSSR count). The van der Waals surface area contributed by atoms with E-state index in [0.29, 0.717) is 6.04 Å². The Morgan fingerprint density at radius 3 is 2.21 bits per heavy atom. The van der Waals surface area contributed by atoms with Crippen molar-refractivity contribution in [3.63, 3.8) is 0 Å². The van der Waals surface area contributed by atoms with E-state index in [1.165, 1.54) is 12.0 Å². The van der Waals surface area contributed by atoms with Crippen molar-refractivity contribution in [2.45, 2.75) is 67.3 Å². The molecule has 136 valence electrons. The first-order chi connectivity index (χ1) is 11.3. The van der Waals surface area contributed by atoms with E-state index in [1.54, 1.807) is 0 Å². The molecule has 0 aromatic carbocycles. The largest absolute Gasteiger partial charge is 0.304 e. The lowest BCUT2D eigenvalue weighted by Gasteiger charge is -2.18. The molecule has 0 aromatic rings. The van der Waals surface area contributed by atoms with Gasteiger partial charge in [0, 0.05) is 11.6 Å². The summed E-state index contributed by atoms with van der Waals surface area (Å²) in [4.78, 5) is 7.44. The van der Waals surface area contributed by atoms with Crippen molar-refractivity contribution < 1.29 is 0 Å². The molecule has 2 heteroatoms. The third kappa shape index (κ3) is 9.67. The van der Waals surface area contributed by atoms with Crippen LogP contribution in [0.4, 0.5) is 0 Å². The van der Waals surface area contributed by atoms with Crippen LogP contribution in [0.1, 0.15) is 61.3 Å². The number of rotatable bonds is 11. The topological polar surface area (TPSA) is 15.6 Å². The minimum atomic E-state index is 0.321. The molecular weight excluding hydrogens is 292 g/mol. The van der Waals surface area contributed by atoms with E-state index >= 15 is 0 Å². The number of hydrogen-bond acceptors (Lipinski definition) is 2. The van der Waals surface area contributed by atoms with Crippen LogP contribution in [0.25, 0.3) is 0 Å². The van der Waals surface area contributed by atoms with Gasteiger partial charge in [-0.1, -0.05) is 44.2 Å². The van der Waals surface area contributed by atoms with Gasteiger partial charge in [0.15, 0.2) is 0 Å². The zero-order valence-electron chi connectivity index (χ0n) is 17.0. The molecule has 0 amide bonds. The second-order valence-corrected chi connectivity index (χ2v) is 6.64. The van der Waals surface area contributed by atoms with E-state index in [-0.39, 0.29) is 0 Å². The molecule has 0 spiro atoms. The lowest BCUT2D eigenvalue weighted by molar-refractivity contribution is 0.294. The SMILES string of the molecule is C=C(C)/C(=C\C=C(C)C)C(/C=C\C)=NC(C)CCCN(CC)CC. The third-order valence-electron chi connectivity index (χ3n) is 3.99. The van der Waals surface area contributed by atoms with Crippen molar-refractivity contribution in [1.29, 1.82) is 0 Å². The van der Waals surface area contributed by atoms with Gasteiger partial charge in [-0.15, -0.1) is 0 Å². The van der Waals surface area contributed by atoms with Crippen molar-refractivity contribution in [3.05, 3.63) is 47.6 Å². The zero-order chi connectivity index (χ0) is 18.5. The Morgan fingerprint density at radius 2 is 1.75 bits per heavy atom. The van der Waals surface area contributed by atoms with Gasteiger partial charge in [0.25, 0.3) is 0 Å². The zero-order valence-corrected chi connectivity index (χ0v) is 17.0. The molecule has 24 heavy (non-hydrogen) atoms. The van der Waals surface area contributed by atoms with Crippen LogP contribution in [0.5, 0.6) is 0 Å². The summed E-state index contributed by atoms with van der Waals surface area (Å²) in [5.41, 5.74) is 4.50. The van der Waals surface area contributed by atoms with E-state index in [1.807, 2.05) is 6.92 Å². The molecule has 1 atom stereocenters.